The number of halogens is 3. The van der Waals surface area contributed by atoms with Crippen LogP contribution in [0.2, 0.25) is 0 Å². The first-order valence-corrected chi connectivity index (χ1v) is 11.7. The van der Waals surface area contributed by atoms with Gasteiger partial charge in [0.25, 0.3) is 0 Å². The van der Waals surface area contributed by atoms with Gasteiger partial charge in [0.05, 0.1) is 30.0 Å². The number of thioether (sulfide) groups is 1. The number of alkyl halides is 3. The Morgan fingerprint density at radius 2 is 1.61 bits per heavy atom. The average Bonchev–Trinajstić information content (AvgIpc) is 2.79. The van der Waals surface area contributed by atoms with Crippen LogP contribution >= 0.6 is 11.8 Å². The molecule has 176 valence electrons. The number of piperazine rings is 1. The molecule has 4 rings (SSSR count). The van der Waals surface area contributed by atoms with Gasteiger partial charge in [0.1, 0.15) is 0 Å². The molecule has 0 unspecified atom stereocenters. The molecule has 2 aliphatic heterocycles. The number of para-hydroxylation sites is 2. The van der Waals surface area contributed by atoms with Gasteiger partial charge in [-0.05, 0) is 24.3 Å². The molecule has 0 aliphatic carbocycles. The molecule has 2 aromatic rings. The first-order valence-electron chi connectivity index (χ1n) is 10.7. The molecular weight excluding hydrogens is 453 g/mol. The van der Waals surface area contributed by atoms with Crippen molar-refractivity contribution in [1.82, 2.24) is 9.80 Å². The Hall–Kier alpha value is -2.72. The molecule has 2 heterocycles. The number of hydrogen-bond donors (Lipinski definition) is 1. The molecule has 0 radical (unpaired) electrons. The van der Waals surface area contributed by atoms with Gasteiger partial charge in [-0.3, -0.25) is 14.5 Å². The fraction of sp³-hybridized carbons (Fsp3) is 0.391. The molecular formula is C23H25F3N4O2S. The van der Waals surface area contributed by atoms with Crippen LogP contribution in [0.1, 0.15) is 5.56 Å². The quantitative estimate of drug-likeness (QED) is 0.714. The lowest BCUT2D eigenvalue weighted by Crippen LogP contribution is -2.52. The topological polar surface area (TPSA) is 55.9 Å². The molecule has 10 heteroatoms. The number of hydrogen-bond acceptors (Lipinski definition) is 5. The van der Waals surface area contributed by atoms with E-state index in [1.807, 2.05) is 23.1 Å². The standard InChI is InChI=1S/C23H25F3N4O2S/c24-23(25,26)17-5-1-2-6-18(17)27-21(31)15-28-9-11-29(12-10-28)22(32)16-30-13-14-33-20-8-4-3-7-19(20)30/h1-8H,9-16H2,(H,27,31). The molecule has 1 saturated heterocycles. The van der Waals surface area contributed by atoms with E-state index in [-0.39, 0.29) is 18.1 Å². The first-order chi connectivity index (χ1) is 15.8. The summed E-state index contributed by atoms with van der Waals surface area (Å²) in [6.07, 6.45) is -4.54. The van der Waals surface area contributed by atoms with E-state index >= 15 is 0 Å². The first kappa shape index (κ1) is 23.4. The maximum absolute atomic E-state index is 13.1. The Morgan fingerprint density at radius 1 is 0.909 bits per heavy atom. The van der Waals surface area contributed by atoms with Gasteiger partial charge in [0.2, 0.25) is 11.8 Å². The number of carbonyl (C=O) groups excluding carboxylic acids is 2. The highest BCUT2D eigenvalue weighted by molar-refractivity contribution is 7.99. The maximum atomic E-state index is 13.1. The minimum Gasteiger partial charge on any atom is -0.360 e. The second kappa shape index (κ2) is 10.0. The SMILES string of the molecule is O=C(CN1CCN(C(=O)CN2CCSc3ccccc32)CC1)Nc1ccccc1C(F)(F)F. The van der Waals surface area contributed by atoms with Crippen LogP contribution in [0.25, 0.3) is 0 Å². The van der Waals surface area contributed by atoms with Gasteiger partial charge in [-0.15, -0.1) is 11.8 Å². The number of fused-ring (bicyclic) bond motifs is 1. The van der Waals surface area contributed by atoms with E-state index in [0.29, 0.717) is 32.7 Å². The molecule has 0 aromatic heterocycles. The third-order valence-electron chi connectivity index (χ3n) is 5.75. The Balaban J connectivity index is 1.27. The highest BCUT2D eigenvalue weighted by Gasteiger charge is 2.34. The minimum absolute atomic E-state index is 0.0229. The monoisotopic (exact) mass is 478 g/mol. The lowest BCUT2D eigenvalue weighted by atomic mass is 10.1. The Kier molecular flexibility index (Phi) is 7.14. The normalized spacial score (nSPS) is 16.9. The summed E-state index contributed by atoms with van der Waals surface area (Å²) in [5.41, 5.74) is -0.0354. The van der Waals surface area contributed by atoms with E-state index in [1.54, 1.807) is 16.7 Å². The van der Waals surface area contributed by atoms with Crippen LogP contribution in [0.3, 0.4) is 0 Å². The van der Waals surface area contributed by atoms with Crippen LogP contribution in [0.5, 0.6) is 0 Å². The summed E-state index contributed by atoms with van der Waals surface area (Å²) in [5, 5.41) is 2.37. The zero-order valence-electron chi connectivity index (χ0n) is 18.0. The van der Waals surface area contributed by atoms with Crippen molar-refractivity contribution in [2.75, 3.05) is 61.8 Å². The maximum Gasteiger partial charge on any atom is 0.418 e. The van der Waals surface area contributed by atoms with Gasteiger partial charge in [0, 0.05) is 43.4 Å². The molecule has 0 atom stereocenters. The summed E-state index contributed by atoms with van der Waals surface area (Å²) in [6, 6.07) is 13.0. The van der Waals surface area contributed by atoms with E-state index in [0.717, 1.165) is 24.1 Å². The summed E-state index contributed by atoms with van der Waals surface area (Å²) in [7, 11) is 0. The van der Waals surface area contributed by atoms with Crippen molar-refractivity contribution in [2.24, 2.45) is 0 Å². The van der Waals surface area contributed by atoms with Crippen molar-refractivity contribution < 1.29 is 22.8 Å². The van der Waals surface area contributed by atoms with Gasteiger partial charge in [-0.2, -0.15) is 13.2 Å². The predicted octanol–water partition coefficient (Wildman–Crippen LogP) is 3.40. The second-order valence-corrected chi connectivity index (χ2v) is 9.12. The molecule has 2 amide bonds. The predicted molar refractivity (Wildman–Crippen MR) is 122 cm³/mol. The summed E-state index contributed by atoms with van der Waals surface area (Å²) in [6.45, 7) is 3.05. The van der Waals surface area contributed by atoms with Gasteiger partial charge in [-0.25, -0.2) is 0 Å². The molecule has 6 nitrogen and oxygen atoms in total. The van der Waals surface area contributed by atoms with Crippen LogP contribution in [-0.2, 0) is 15.8 Å². The van der Waals surface area contributed by atoms with Crippen molar-refractivity contribution in [3.05, 3.63) is 54.1 Å². The molecule has 2 aromatic carbocycles. The molecule has 0 saturated carbocycles. The summed E-state index contributed by atoms with van der Waals surface area (Å²) in [5.74, 6) is 0.471. The summed E-state index contributed by atoms with van der Waals surface area (Å²) < 4.78 is 39.4. The van der Waals surface area contributed by atoms with Crippen LogP contribution in [-0.4, -0.2) is 73.2 Å². The smallest absolute Gasteiger partial charge is 0.360 e. The lowest BCUT2D eigenvalue weighted by molar-refractivity contribution is -0.137. The van der Waals surface area contributed by atoms with Gasteiger partial charge in [0.15, 0.2) is 0 Å². The zero-order chi connectivity index (χ0) is 23.4. The van der Waals surface area contributed by atoms with Gasteiger partial charge in [-0.1, -0.05) is 24.3 Å². The fourth-order valence-electron chi connectivity index (χ4n) is 4.04. The average molecular weight is 479 g/mol. The van der Waals surface area contributed by atoms with E-state index in [9.17, 15) is 22.8 Å². The molecule has 33 heavy (non-hydrogen) atoms. The number of amides is 2. The highest BCUT2D eigenvalue weighted by Crippen LogP contribution is 2.35. The molecule has 0 spiro atoms. The van der Waals surface area contributed by atoms with Gasteiger partial charge >= 0.3 is 6.18 Å². The van der Waals surface area contributed by atoms with E-state index in [1.165, 1.54) is 23.1 Å². The Morgan fingerprint density at radius 3 is 2.36 bits per heavy atom. The summed E-state index contributed by atoms with van der Waals surface area (Å²) >= 11 is 1.79. The second-order valence-electron chi connectivity index (χ2n) is 7.99. The third kappa shape index (κ3) is 5.80. The van der Waals surface area contributed by atoms with Crippen molar-refractivity contribution in [1.29, 1.82) is 0 Å². The number of benzene rings is 2. The minimum atomic E-state index is -4.54. The van der Waals surface area contributed by atoms with Crippen LogP contribution in [0, 0.1) is 0 Å². The zero-order valence-corrected chi connectivity index (χ0v) is 18.8. The van der Waals surface area contributed by atoms with Gasteiger partial charge < -0.3 is 15.1 Å². The van der Waals surface area contributed by atoms with Crippen LogP contribution < -0.4 is 10.2 Å². The number of anilines is 2. The number of nitrogens with zero attached hydrogens (tertiary/aromatic N) is 3. The van der Waals surface area contributed by atoms with E-state index in [4.69, 9.17) is 0 Å². The molecule has 2 aliphatic rings. The number of nitrogens with one attached hydrogen (secondary N) is 1. The number of carbonyl (C=O) groups is 2. The van der Waals surface area contributed by atoms with Crippen LogP contribution in [0.15, 0.2) is 53.4 Å². The van der Waals surface area contributed by atoms with E-state index in [2.05, 4.69) is 16.3 Å². The molecule has 1 fully saturated rings. The highest BCUT2D eigenvalue weighted by atomic mass is 32.2. The van der Waals surface area contributed by atoms with E-state index < -0.39 is 17.6 Å². The van der Waals surface area contributed by atoms with Crippen molar-refractivity contribution in [3.63, 3.8) is 0 Å². The van der Waals surface area contributed by atoms with Crippen molar-refractivity contribution in [3.8, 4) is 0 Å². The third-order valence-corrected chi connectivity index (χ3v) is 6.79. The molecule has 0 bridgehead atoms. The Labute approximate surface area is 194 Å². The molecule has 1 N–H and O–H groups in total. The number of rotatable bonds is 5. The Bertz CT molecular complexity index is 1010. The summed E-state index contributed by atoms with van der Waals surface area (Å²) in [4.78, 5) is 32.1. The van der Waals surface area contributed by atoms with Crippen molar-refractivity contribution in [2.45, 2.75) is 11.1 Å². The van der Waals surface area contributed by atoms with Crippen molar-refractivity contribution >= 4 is 35.0 Å². The van der Waals surface area contributed by atoms with Crippen LogP contribution in [0.4, 0.5) is 24.5 Å². The fourth-order valence-corrected chi connectivity index (χ4v) is 5.09. The lowest BCUT2D eigenvalue weighted by Gasteiger charge is -2.37. The largest absolute Gasteiger partial charge is 0.418 e.